The van der Waals surface area contributed by atoms with E-state index < -0.39 is 0 Å². The van der Waals surface area contributed by atoms with Gasteiger partial charge in [0, 0.05) is 18.7 Å². The maximum Gasteiger partial charge on any atom is 0.255 e. The molecule has 5 nitrogen and oxygen atoms in total. The number of benzene rings is 1. The minimum atomic E-state index is -0.142. The molecule has 1 fully saturated rings. The average Bonchev–Trinajstić information content (AvgIpc) is 3.05. The number of amides is 1. The third-order valence-electron chi connectivity index (χ3n) is 4.19. The summed E-state index contributed by atoms with van der Waals surface area (Å²) in [6.07, 6.45) is 4.73. The van der Waals surface area contributed by atoms with Crippen LogP contribution in [0.4, 0.5) is 0 Å². The minimum absolute atomic E-state index is 0.0341. The van der Waals surface area contributed by atoms with E-state index in [4.69, 9.17) is 15.2 Å². The van der Waals surface area contributed by atoms with E-state index >= 15 is 0 Å². The molecule has 1 saturated carbocycles. The largest absolute Gasteiger partial charge is 0.497 e. The normalized spacial score (nSPS) is 16.5. The van der Waals surface area contributed by atoms with Crippen molar-refractivity contribution in [2.75, 3.05) is 20.8 Å². The van der Waals surface area contributed by atoms with Gasteiger partial charge in [-0.3, -0.25) is 4.79 Å². The average molecular weight is 292 g/mol. The van der Waals surface area contributed by atoms with Crippen LogP contribution < -0.4 is 20.5 Å². The molecule has 1 atom stereocenters. The van der Waals surface area contributed by atoms with Crippen molar-refractivity contribution in [3.8, 4) is 11.5 Å². The Hall–Kier alpha value is -1.75. The number of ether oxygens (including phenoxy) is 2. The first-order valence-electron chi connectivity index (χ1n) is 7.42. The van der Waals surface area contributed by atoms with E-state index in [2.05, 4.69) is 5.32 Å². The number of nitrogens with two attached hydrogens (primary N) is 1. The summed E-state index contributed by atoms with van der Waals surface area (Å²) in [6, 6.07) is 5.22. The molecule has 0 spiro atoms. The molecule has 116 valence electrons. The van der Waals surface area contributed by atoms with E-state index in [1.165, 1.54) is 12.8 Å². The van der Waals surface area contributed by atoms with Gasteiger partial charge in [0.15, 0.2) is 0 Å². The molecule has 1 aliphatic carbocycles. The van der Waals surface area contributed by atoms with Crippen molar-refractivity contribution in [2.45, 2.75) is 31.7 Å². The van der Waals surface area contributed by atoms with Gasteiger partial charge >= 0.3 is 0 Å². The number of carbonyl (C=O) groups excluding carboxylic acids is 1. The number of hydrogen-bond donors (Lipinski definition) is 2. The maximum absolute atomic E-state index is 12.5. The topological polar surface area (TPSA) is 73.6 Å². The van der Waals surface area contributed by atoms with Crippen molar-refractivity contribution in [3.63, 3.8) is 0 Å². The fourth-order valence-corrected chi connectivity index (χ4v) is 2.96. The summed E-state index contributed by atoms with van der Waals surface area (Å²) in [4.78, 5) is 12.5. The standard InChI is InChI=1S/C16H24N2O3/c1-20-12-7-8-13(15(9-12)21-2)16(19)18-14(10-17)11-5-3-4-6-11/h7-9,11,14H,3-6,10,17H2,1-2H3,(H,18,19). The van der Waals surface area contributed by atoms with Gasteiger partial charge in [0.1, 0.15) is 11.5 Å². The molecule has 2 rings (SSSR count). The van der Waals surface area contributed by atoms with Gasteiger partial charge in [-0.1, -0.05) is 12.8 Å². The highest BCUT2D eigenvalue weighted by Gasteiger charge is 2.26. The first kappa shape index (κ1) is 15.6. The molecule has 1 aromatic carbocycles. The van der Waals surface area contributed by atoms with Crippen LogP contribution in [-0.4, -0.2) is 32.7 Å². The van der Waals surface area contributed by atoms with Crippen LogP contribution >= 0.6 is 0 Å². The van der Waals surface area contributed by atoms with Crippen LogP contribution in [0.3, 0.4) is 0 Å². The lowest BCUT2D eigenvalue weighted by molar-refractivity contribution is 0.0921. The predicted molar refractivity (Wildman–Crippen MR) is 81.8 cm³/mol. The quantitative estimate of drug-likeness (QED) is 0.840. The second kappa shape index (κ2) is 7.31. The Morgan fingerprint density at radius 3 is 2.62 bits per heavy atom. The first-order chi connectivity index (χ1) is 10.2. The van der Waals surface area contributed by atoms with Crippen molar-refractivity contribution in [1.82, 2.24) is 5.32 Å². The lowest BCUT2D eigenvalue weighted by atomic mass is 9.97. The van der Waals surface area contributed by atoms with Crippen LogP contribution in [-0.2, 0) is 0 Å². The van der Waals surface area contributed by atoms with E-state index in [0.29, 0.717) is 29.5 Å². The monoisotopic (exact) mass is 292 g/mol. The number of methoxy groups -OCH3 is 2. The summed E-state index contributed by atoms with van der Waals surface area (Å²) >= 11 is 0. The van der Waals surface area contributed by atoms with Gasteiger partial charge in [-0.25, -0.2) is 0 Å². The highest BCUT2D eigenvalue weighted by molar-refractivity contribution is 5.97. The van der Waals surface area contributed by atoms with Gasteiger partial charge in [0.05, 0.1) is 19.8 Å². The molecule has 1 aliphatic rings. The van der Waals surface area contributed by atoms with Gasteiger partial charge in [-0.05, 0) is 30.9 Å². The van der Waals surface area contributed by atoms with Gasteiger partial charge in [0.25, 0.3) is 5.91 Å². The van der Waals surface area contributed by atoms with Gasteiger partial charge < -0.3 is 20.5 Å². The summed E-state index contributed by atoms with van der Waals surface area (Å²) in [7, 11) is 3.13. The predicted octanol–water partition coefficient (Wildman–Crippen LogP) is 1.95. The molecule has 0 bridgehead atoms. The molecule has 0 aliphatic heterocycles. The smallest absolute Gasteiger partial charge is 0.255 e. The Labute approximate surface area is 125 Å². The highest BCUT2D eigenvalue weighted by Crippen LogP contribution is 2.28. The van der Waals surface area contributed by atoms with E-state index in [9.17, 15) is 4.79 Å². The van der Waals surface area contributed by atoms with Crippen molar-refractivity contribution in [3.05, 3.63) is 23.8 Å². The summed E-state index contributed by atoms with van der Waals surface area (Å²) in [6.45, 7) is 0.467. The van der Waals surface area contributed by atoms with Crippen molar-refractivity contribution >= 4 is 5.91 Å². The van der Waals surface area contributed by atoms with Crippen molar-refractivity contribution in [2.24, 2.45) is 11.7 Å². The SMILES string of the molecule is COc1ccc(C(=O)NC(CN)C2CCCC2)c(OC)c1. The van der Waals surface area contributed by atoms with Crippen LogP contribution in [0, 0.1) is 5.92 Å². The fraction of sp³-hybridized carbons (Fsp3) is 0.562. The van der Waals surface area contributed by atoms with Crippen molar-refractivity contribution in [1.29, 1.82) is 0 Å². The van der Waals surface area contributed by atoms with E-state index in [0.717, 1.165) is 12.8 Å². The zero-order chi connectivity index (χ0) is 15.2. The summed E-state index contributed by atoms with van der Waals surface area (Å²) in [5, 5.41) is 3.05. The third kappa shape index (κ3) is 3.67. The van der Waals surface area contributed by atoms with Crippen LogP contribution in [0.1, 0.15) is 36.0 Å². The molecule has 3 N–H and O–H groups in total. The molecule has 1 unspecified atom stereocenters. The Morgan fingerprint density at radius 2 is 2.05 bits per heavy atom. The minimum Gasteiger partial charge on any atom is -0.497 e. The van der Waals surface area contributed by atoms with Crippen molar-refractivity contribution < 1.29 is 14.3 Å². The van der Waals surface area contributed by atoms with Crippen LogP contribution in [0.25, 0.3) is 0 Å². The lowest BCUT2D eigenvalue weighted by Gasteiger charge is -2.23. The maximum atomic E-state index is 12.5. The number of carbonyl (C=O) groups is 1. The zero-order valence-electron chi connectivity index (χ0n) is 12.7. The molecular weight excluding hydrogens is 268 g/mol. The van der Waals surface area contributed by atoms with E-state index in [1.807, 2.05) is 0 Å². The molecule has 1 amide bonds. The molecule has 0 saturated heterocycles. The van der Waals surface area contributed by atoms with Crippen LogP contribution in [0.15, 0.2) is 18.2 Å². The number of nitrogens with one attached hydrogen (secondary N) is 1. The van der Waals surface area contributed by atoms with E-state index in [-0.39, 0.29) is 11.9 Å². The number of rotatable bonds is 6. The third-order valence-corrected chi connectivity index (χ3v) is 4.19. The summed E-state index contributed by atoms with van der Waals surface area (Å²) in [5.41, 5.74) is 6.34. The molecule has 5 heteroatoms. The molecule has 1 aromatic rings. The highest BCUT2D eigenvalue weighted by atomic mass is 16.5. The molecule has 21 heavy (non-hydrogen) atoms. The van der Waals surface area contributed by atoms with Gasteiger partial charge in [0.2, 0.25) is 0 Å². The van der Waals surface area contributed by atoms with E-state index in [1.54, 1.807) is 32.4 Å². The molecule has 0 aromatic heterocycles. The Bertz CT molecular complexity index is 484. The van der Waals surface area contributed by atoms with Gasteiger partial charge in [-0.15, -0.1) is 0 Å². The lowest BCUT2D eigenvalue weighted by Crippen LogP contribution is -2.44. The molecule has 0 heterocycles. The number of hydrogen-bond acceptors (Lipinski definition) is 4. The summed E-state index contributed by atoms with van der Waals surface area (Å²) in [5.74, 6) is 1.52. The Morgan fingerprint density at radius 1 is 1.33 bits per heavy atom. The van der Waals surface area contributed by atoms with Crippen LogP contribution in [0.2, 0.25) is 0 Å². The molecular formula is C16H24N2O3. The second-order valence-electron chi connectivity index (χ2n) is 5.43. The zero-order valence-corrected chi connectivity index (χ0v) is 12.7. The first-order valence-corrected chi connectivity index (χ1v) is 7.42. The fourth-order valence-electron chi connectivity index (χ4n) is 2.96. The second-order valence-corrected chi connectivity index (χ2v) is 5.43. The molecule has 0 radical (unpaired) electrons. The summed E-state index contributed by atoms with van der Waals surface area (Å²) < 4.78 is 10.4. The Kier molecular flexibility index (Phi) is 5.44. The van der Waals surface area contributed by atoms with Gasteiger partial charge in [-0.2, -0.15) is 0 Å². The van der Waals surface area contributed by atoms with Crippen LogP contribution in [0.5, 0.6) is 11.5 Å². The Balaban J connectivity index is 2.11.